The summed E-state index contributed by atoms with van der Waals surface area (Å²) >= 11 is 0. The summed E-state index contributed by atoms with van der Waals surface area (Å²) in [7, 11) is 1.58. The minimum Gasteiger partial charge on any atom is -0.495 e. The number of nitrogens with two attached hydrogens (primary N) is 1. The Hall–Kier alpha value is -1.75. The van der Waals surface area contributed by atoms with E-state index in [1.54, 1.807) is 7.11 Å². The maximum atomic E-state index is 12.1. The van der Waals surface area contributed by atoms with Gasteiger partial charge < -0.3 is 20.5 Å². The molecule has 1 aromatic rings. The minimum absolute atomic E-state index is 0.0319. The third-order valence-electron chi connectivity index (χ3n) is 3.71. The molecule has 110 valence electrons. The lowest BCUT2D eigenvalue weighted by Gasteiger charge is -2.16. The summed E-state index contributed by atoms with van der Waals surface area (Å²) in [6.07, 6.45) is 1.72. The highest BCUT2D eigenvalue weighted by molar-refractivity contribution is 5.79. The highest BCUT2D eigenvalue weighted by Crippen LogP contribution is 2.24. The molecule has 0 bridgehead atoms. The first-order valence-corrected chi connectivity index (χ1v) is 6.97. The van der Waals surface area contributed by atoms with Crippen LogP contribution in [0.2, 0.25) is 0 Å². The van der Waals surface area contributed by atoms with Crippen molar-refractivity contribution >= 4 is 11.6 Å². The number of carbonyl (C=O) groups excluding carboxylic acids is 1. The number of hydrogen-bond donors (Lipinski definition) is 2. The van der Waals surface area contributed by atoms with Gasteiger partial charge in [0.25, 0.3) is 0 Å². The normalized spacial score (nSPS) is 21.7. The summed E-state index contributed by atoms with van der Waals surface area (Å²) < 4.78 is 10.6. The standard InChI is InChI=1S/C15H22N2O3/c1-3-13-11(6-7-20-13)15(18)17-9-10-4-5-14(19-2)12(16)8-10/h4-5,8,11,13H,3,6-7,9,16H2,1-2H3,(H,17,18). The number of benzene rings is 1. The van der Waals surface area contributed by atoms with Crippen LogP contribution in [-0.2, 0) is 16.1 Å². The van der Waals surface area contributed by atoms with E-state index in [1.807, 2.05) is 25.1 Å². The molecule has 5 heteroatoms. The topological polar surface area (TPSA) is 73.6 Å². The first-order chi connectivity index (χ1) is 9.65. The molecular formula is C15H22N2O3. The second kappa shape index (κ2) is 6.61. The molecule has 5 nitrogen and oxygen atoms in total. The fourth-order valence-corrected chi connectivity index (χ4v) is 2.56. The van der Waals surface area contributed by atoms with Crippen LogP contribution in [0.25, 0.3) is 0 Å². The van der Waals surface area contributed by atoms with Crippen molar-refractivity contribution in [2.75, 3.05) is 19.5 Å². The first kappa shape index (κ1) is 14.7. The molecule has 2 atom stereocenters. The van der Waals surface area contributed by atoms with Crippen LogP contribution in [0.4, 0.5) is 5.69 Å². The first-order valence-electron chi connectivity index (χ1n) is 6.97. The van der Waals surface area contributed by atoms with Gasteiger partial charge in [0.15, 0.2) is 0 Å². The SMILES string of the molecule is CCC1OCCC1C(=O)NCc1ccc(OC)c(N)c1. The summed E-state index contributed by atoms with van der Waals surface area (Å²) in [5, 5.41) is 2.95. The van der Waals surface area contributed by atoms with Gasteiger partial charge in [-0.05, 0) is 30.5 Å². The molecule has 1 aliphatic rings. The van der Waals surface area contributed by atoms with Crippen molar-refractivity contribution in [2.45, 2.75) is 32.4 Å². The van der Waals surface area contributed by atoms with Crippen LogP contribution < -0.4 is 15.8 Å². The van der Waals surface area contributed by atoms with Gasteiger partial charge in [-0.15, -0.1) is 0 Å². The Bertz CT molecular complexity index is 476. The van der Waals surface area contributed by atoms with Crippen LogP contribution >= 0.6 is 0 Å². The van der Waals surface area contributed by atoms with Crippen molar-refractivity contribution in [1.82, 2.24) is 5.32 Å². The zero-order valence-electron chi connectivity index (χ0n) is 12.0. The Morgan fingerprint density at radius 1 is 1.55 bits per heavy atom. The molecule has 1 saturated heterocycles. The van der Waals surface area contributed by atoms with E-state index in [-0.39, 0.29) is 17.9 Å². The van der Waals surface area contributed by atoms with E-state index in [0.29, 0.717) is 24.6 Å². The van der Waals surface area contributed by atoms with E-state index in [1.165, 1.54) is 0 Å². The zero-order valence-corrected chi connectivity index (χ0v) is 12.0. The number of amides is 1. The number of nitrogen functional groups attached to an aromatic ring is 1. The molecule has 0 spiro atoms. The number of anilines is 1. The Morgan fingerprint density at radius 3 is 3.00 bits per heavy atom. The van der Waals surface area contributed by atoms with Gasteiger partial charge in [0.1, 0.15) is 5.75 Å². The molecule has 1 aliphatic heterocycles. The Kier molecular flexibility index (Phi) is 4.84. The molecule has 0 saturated carbocycles. The van der Waals surface area contributed by atoms with Crippen molar-refractivity contribution in [3.8, 4) is 5.75 Å². The molecule has 1 aromatic carbocycles. The van der Waals surface area contributed by atoms with E-state index >= 15 is 0 Å². The molecule has 2 rings (SSSR count). The van der Waals surface area contributed by atoms with E-state index in [9.17, 15) is 4.79 Å². The predicted molar refractivity (Wildman–Crippen MR) is 77.4 cm³/mol. The van der Waals surface area contributed by atoms with Crippen molar-refractivity contribution in [1.29, 1.82) is 0 Å². The molecule has 20 heavy (non-hydrogen) atoms. The molecule has 3 N–H and O–H groups in total. The van der Waals surface area contributed by atoms with Gasteiger partial charge in [-0.1, -0.05) is 13.0 Å². The quantitative estimate of drug-likeness (QED) is 0.804. The van der Waals surface area contributed by atoms with Crippen molar-refractivity contribution in [3.05, 3.63) is 23.8 Å². The Labute approximate surface area is 119 Å². The molecule has 0 radical (unpaired) electrons. The van der Waals surface area contributed by atoms with Gasteiger partial charge in [-0.25, -0.2) is 0 Å². The molecule has 0 aromatic heterocycles. The van der Waals surface area contributed by atoms with E-state index < -0.39 is 0 Å². The third kappa shape index (κ3) is 3.22. The summed E-state index contributed by atoms with van der Waals surface area (Å²) in [6.45, 7) is 3.19. The minimum atomic E-state index is -0.0319. The maximum absolute atomic E-state index is 12.1. The second-order valence-electron chi connectivity index (χ2n) is 5.01. The number of hydrogen-bond acceptors (Lipinski definition) is 4. The number of carbonyl (C=O) groups is 1. The highest BCUT2D eigenvalue weighted by Gasteiger charge is 2.32. The van der Waals surface area contributed by atoms with Crippen molar-refractivity contribution in [2.24, 2.45) is 5.92 Å². The smallest absolute Gasteiger partial charge is 0.226 e. The van der Waals surface area contributed by atoms with Crippen molar-refractivity contribution in [3.63, 3.8) is 0 Å². The van der Waals surface area contributed by atoms with E-state index in [0.717, 1.165) is 18.4 Å². The number of methoxy groups -OCH3 is 1. The Balaban J connectivity index is 1.91. The lowest BCUT2D eigenvalue weighted by Crippen LogP contribution is -2.34. The van der Waals surface area contributed by atoms with Gasteiger partial charge in [0.05, 0.1) is 24.8 Å². The monoisotopic (exact) mass is 278 g/mol. The summed E-state index contributed by atoms with van der Waals surface area (Å²) in [4.78, 5) is 12.1. The molecule has 2 unspecified atom stereocenters. The van der Waals surface area contributed by atoms with Crippen LogP contribution in [-0.4, -0.2) is 25.7 Å². The molecule has 1 fully saturated rings. The van der Waals surface area contributed by atoms with Gasteiger partial charge in [-0.2, -0.15) is 0 Å². The Morgan fingerprint density at radius 2 is 2.35 bits per heavy atom. The maximum Gasteiger partial charge on any atom is 0.226 e. The highest BCUT2D eigenvalue weighted by atomic mass is 16.5. The number of nitrogens with one attached hydrogen (secondary N) is 1. The van der Waals surface area contributed by atoms with Gasteiger partial charge >= 0.3 is 0 Å². The van der Waals surface area contributed by atoms with Gasteiger partial charge in [0, 0.05) is 13.2 Å². The molecular weight excluding hydrogens is 256 g/mol. The average molecular weight is 278 g/mol. The zero-order chi connectivity index (χ0) is 14.5. The van der Waals surface area contributed by atoms with Crippen LogP contribution in [0.15, 0.2) is 18.2 Å². The summed E-state index contributed by atoms with van der Waals surface area (Å²) in [6, 6.07) is 5.53. The van der Waals surface area contributed by atoms with Crippen LogP contribution in [0.1, 0.15) is 25.3 Å². The summed E-state index contributed by atoms with van der Waals surface area (Å²) in [5.41, 5.74) is 7.39. The van der Waals surface area contributed by atoms with Crippen LogP contribution in [0.5, 0.6) is 5.75 Å². The fourth-order valence-electron chi connectivity index (χ4n) is 2.56. The van der Waals surface area contributed by atoms with Crippen LogP contribution in [0, 0.1) is 5.92 Å². The van der Waals surface area contributed by atoms with E-state index in [4.69, 9.17) is 15.2 Å². The molecule has 1 heterocycles. The fraction of sp³-hybridized carbons (Fsp3) is 0.533. The molecule has 0 aliphatic carbocycles. The lowest BCUT2D eigenvalue weighted by atomic mass is 9.98. The number of ether oxygens (including phenoxy) is 2. The predicted octanol–water partition coefficient (Wildman–Crippen LogP) is 1.71. The van der Waals surface area contributed by atoms with Crippen molar-refractivity contribution < 1.29 is 14.3 Å². The summed E-state index contributed by atoms with van der Waals surface area (Å²) in [5.74, 6) is 0.676. The second-order valence-corrected chi connectivity index (χ2v) is 5.01. The van der Waals surface area contributed by atoms with Gasteiger partial charge in [-0.3, -0.25) is 4.79 Å². The third-order valence-corrected chi connectivity index (χ3v) is 3.71. The molecule has 1 amide bonds. The largest absolute Gasteiger partial charge is 0.495 e. The average Bonchev–Trinajstić information content (AvgIpc) is 2.93. The van der Waals surface area contributed by atoms with Crippen LogP contribution in [0.3, 0.4) is 0 Å². The van der Waals surface area contributed by atoms with E-state index in [2.05, 4.69) is 5.32 Å². The van der Waals surface area contributed by atoms with Gasteiger partial charge in [0.2, 0.25) is 5.91 Å². The lowest BCUT2D eigenvalue weighted by molar-refractivity contribution is -0.126. The number of rotatable bonds is 5.